The lowest BCUT2D eigenvalue weighted by atomic mass is 10.0. The van der Waals surface area contributed by atoms with E-state index in [0.717, 1.165) is 12.8 Å². The third kappa shape index (κ3) is 2.78. The van der Waals surface area contributed by atoms with Gasteiger partial charge in [-0.25, -0.2) is 17.9 Å². The molecule has 1 heterocycles. The molecule has 110 valence electrons. The summed E-state index contributed by atoms with van der Waals surface area (Å²) in [5.74, 6) is -1.16. The number of aromatic amines is 1. The number of carbonyl (C=O) groups is 1. The summed E-state index contributed by atoms with van der Waals surface area (Å²) < 4.78 is 27.5. The molecule has 2 rings (SSSR count). The number of hydrogen-bond acceptors (Lipinski definition) is 3. The zero-order valence-electron chi connectivity index (χ0n) is 11.4. The first-order valence-corrected chi connectivity index (χ1v) is 7.91. The molecule has 7 heteroatoms. The summed E-state index contributed by atoms with van der Waals surface area (Å²) in [5, 5.41) is 9.03. The average Bonchev–Trinajstić information content (AvgIpc) is 2.66. The van der Waals surface area contributed by atoms with E-state index in [0.29, 0.717) is 12.1 Å². The molecule has 1 unspecified atom stereocenters. The third-order valence-electron chi connectivity index (χ3n) is 3.44. The van der Waals surface area contributed by atoms with E-state index >= 15 is 0 Å². The highest BCUT2D eigenvalue weighted by atomic mass is 32.2. The molecule has 0 aromatic carbocycles. The Morgan fingerprint density at radius 1 is 1.40 bits per heavy atom. The van der Waals surface area contributed by atoms with Gasteiger partial charge in [-0.15, -0.1) is 0 Å². The normalized spacial score (nSPS) is 19.2. The topological polar surface area (TPSA) is 99.3 Å². The molecule has 0 spiro atoms. The Morgan fingerprint density at radius 2 is 2.10 bits per heavy atom. The largest absolute Gasteiger partial charge is 0.477 e. The SMILES string of the molecule is Cc1[nH]c(C(=O)O)c(C)c1S(=O)(=O)NC1CC=CCC1. The lowest BCUT2D eigenvalue weighted by molar-refractivity contribution is 0.0690. The molecule has 1 aliphatic carbocycles. The number of H-pyrrole nitrogens is 1. The maximum Gasteiger partial charge on any atom is 0.352 e. The van der Waals surface area contributed by atoms with E-state index in [9.17, 15) is 13.2 Å². The van der Waals surface area contributed by atoms with Crippen molar-refractivity contribution in [3.8, 4) is 0 Å². The van der Waals surface area contributed by atoms with Crippen LogP contribution in [0.3, 0.4) is 0 Å². The minimum absolute atomic E-state index is 0.0458. The zero-order chi connectivity index (χ0) is 14.9. The van der Waals surface area contributed by atoms with Crippen molar-refractivity contribution in [2.75, 3.05) is 0 Å². The Labute approximate surface area is 117 Å². The second-order valence-corrected chi connectivity index (χ2v) is 6.64. The number of rotatable bonds is 4. The van der Waals surface area contributed by atoms with Gasteiger partial charge in [-0.2, -0.15) is 0 Å². The minimum atomic E-state index is -3.71. The first-order valence-electron chi connectivity index (χ1n) is 6.42. The van der Waals surface area contributed by atoms with E-state index in [-0.39, 0.29) is 22.2 Å². The first kappa shape index (κ1) is 14.8. The zero-order valence-corrected chi connectivity index (χ0v) is 12.3. The summed E-state index contributed by atoms with van der Waals surface area (Å²) in [7, 11) is -3.71. The fraction of sp³-hybridized carbons (Fsp3) is 0.462. The van der Waals surface area contributed by atoms with Gasteiger partial charge in [0.1, 0.15) is 10.6 Å². The minimum Gasteiger partial charge on any atom is -0.477 e. The fourth-order valence-electron chi connectivity index (χ4n) is 2.53. The van der Waals surface area contributed by atoms with Crippen LogP contribution in [-0.4, -0.2) is 30.5 Å². The lowest BCUT2D eigenvalue weighted by Gasteiger charge is -2.19. The van der Waals surface area contributed by atoms with E-state index in [4.69, 9.17) is 5.11 Å². The Balaban J connectivity index is 2.34. The lowest BCUT2D eigenvalue weighted by Crippen LogP contribution is -2.35. The van der Waals surface area contributed by atoms with Gasteiger partial charge in [0.15, 0.2) is 0 Å². The van der Waals surface area contributed by atoms with E-state index in [1.54, 1.807) is 6.92 Å². The van der Waals surface area contributed by atoms with Gasteiger partial charge in [-0.05, 0) is 33.1 Å². The van der Waals surface area contributed by atoms with Crippen molar-refractivity contribution >= 4 is 16.0 Å². The van der Waals surface area contributed by atoms with Gasteiger partial charge in [0.05, 0.1) is 0 Å². The van der Waals surface area contributed by atoms with Crippen molar-refractivity contribution in [3.63, 3.8) is 0 Å². The van der Waals surface area contributed by atoms with Gasteiger partial charge < -0.3 is 10.1 Å². The Bertz CT molecular complexity index is 658. The predicted molar refractivity (Wildman–Crippen MR) is 74.3 cm³/mol. The smallest absolute Gasteiger partial charge is 0.352 e. The molecule has 1 aromatic heterocycles. The highest BCUT2D eigenvalue weighted by Crippen LogP contribution is 2.24. The molecule has 0 amide bonds. The van der Waals surface area contributed by atoms with Gasteiger partial charge in [0.25, 0.3) is 0 Å². The molecule has 0 fully saturated rings. The second kappa shape index (κ2) is 5.41. The standard InChI is InChI=1S/C13H18N2O4S/c1-8-11(13(16)17)14-9(2)12(8)20(18,19)15-10-6-4-3-5-7-10/h3-4,10,14-15H,5-7H2,1-2H3,(H,16,17). The molecular weight excluding hydrogens is 280 g/mol. The fourth-order valence-corrected chi connectivity index (χ4v) is 4.26. The van der Waals surface area contributed by atoms with Crippen LogP contribution in [0.15, 0.2) is 17.0 Å². The molecule has 1 aromatic rings. The Morgan fingerprint density at radius 3 is 2.60 bits per heavy atom. The molecule has 0 saturated heterocycles. The Kier molecular flexibility index (Phi) is 4.01. The molecule has 0 saturated carbocycles. The van der Waals surface area contributed by atoms with Crippen LogP contribution in [0.4, 0.5) is 0 Å². The number of nitrogens with one attached hydrogen (secondary N) is 2. The average molecular weight is 298 g/mol. The van der Waals surface area contributed by atoms with Crippen LogP contribution in [0.25, 0.3) is 0 Å². The number of aromatic carboxylic acids is 1. The van der Waals surface area contributed by atoms with Crippen LogP contribution in [0.1, 0.15) is 41.0 Å². The van der Waals surface area contributed by atoms with Crippen LogP contribution in [-0.2, 0) is 10.0 Å². The maximum absolute atomic E-state index is 12.4. The predicted octanol–water partition coefficient (Wildman–Crippen LogP) is 1.72. The highest BCUT2D eigenvalue weighted by molar-refractivity contribution is 7.89. The van der Waals surface area contributed by atoms with Crippen molar-refractivity contribution in [2.45, 2.75) is 44.0 Å². The van der Waals surface area contributed by atoms with Gasteiger partial charge in [-0.1, -0.05) is 12.2 Å². The molecule has 1 atom stereocenters. The number of allylic oxidation sites excluding steroid dienone is 1. The van der Waals surface area contributed by atoms with Gasteiger partial charge in [-0.3, -0.25) is 0 Å². The number of hydrogen-bond donors (Lipinski definition) is 3. The summed E-state index contributed by atoms with van der Waals surface area (Å²) in [6, 6.07) is -0.132. The molecular formula is C13H18N2O4S. The summed E-state index contributed by atoms with van der Waals surface area (Å²) in [4.78, 5) is 13.7. The number of carboxylic acid groups (broad SMARTS) is 1. The molecule has 1 aliphatic rings. The van der Waals surface area contributed by atoms with Gasteiger partial charge >= 0.3 is 5.97 Å². The van der Waals surface area contributed by atoms with Crippen molar-refractivity contribution in [1.29, 1.82) is 0 Å². The highest BCUT2D eigenvalue weighted by Gasteiger charge is 2.28. The second-order valence-electron chi connectivity index (χ2n) is 4.99. The maximum atomic E-state index is 12.4. The van der Waals surface area contributed by atoms with Gasteiger partial charge in [0.2, 0.25) is 10.0 Å². The Hall–Kier alpha value is -1.60. The third-order valence-corrected chi connectivity index (χ3v) is 5.24. The number of aromatic nitrogens is 1. The van der Waals surface area contributed by atoms with Crippen LogP contribution in [0, 0.1) is 13.8 Å². The van der Waals surface area contributed by atoms with E-state index in [1.165, 1.54) is 6.92 Å². The van der Waals surface area contributed by atoms with Crippen LogP contribution < -0.4 is 4.72 Å². The van der Waals surface area contributed by atoms with Crippen LogP contribution in [0.5, 0.6) is 0 Å². The monoisotopic (exact) mass is 298 g/mol. The summed E-state index contributed by atoms with van der Waals surface area (Å²) in [5.41, 5.74) is 0.513. The number of sulfonamides is 1. The molecule has 6 nitrogen and oxygen atoms in total. The van der Waals surface area contributed by atoms with Crippen LogP contribution in [0.2, 0.25) is 0 Å². The van der Waals surface area contributed by atoms with E-state index < -0.39 is 16.0 Å². The van der Waals surface area contributed by atoms with E-state index in [1.807, 2.05) is 12.2 Å². The van der Waals surface area contributed by atoms with Gasteiger partial charge in [0, 0.05) is 17.3 Å². The molecule has 20 heavy (non-hydrogen) atoms. The molecule has 0 aliphatic heterocycles. The summed E-state index contributed by atoms with van der Waals surface area (Å²) >= 11 is 0. The molecule has 3 N–H and O–H groups in total. The van der Waals surface area contributed by atoms with Crippen molar-refractivity contribution < 1.29 is 18.3 Å². The van der Waals surface area contributed by atoms with Crippen molar-refractivity contribution in [2.24, 2.45) is 0 Å². The summed E-state index contributed by atoms with van der Waals surface area (Å²) in [6.45, 7) is 3.07. The number of aryl methyl sites for hydroxylation is 1. The quantitative estimate of drug-likeness (QED) is 0.737. The van der Waals surface area contributed by atoms with Crippen molar-refractivity contribution in [3.05, 3.63) is 29.1 Å². The van der Waals surface area contributed by atoms with Crippen molar-refractivity contribution in [1.82, 2.24) is 9.71 Å². The number of carboxylic acids is 1. The molecule has 0 radical (unpaired) electrons. The van der Waals surface area contributed by atoms with Crippen LogP contribution >= 0.6 is 0 Å². The van der Waals surface area contributed by atoms with E-state index in [2.05, 4.69) is 9.71 Å². The summed E-state index contributed by atoms with van der Waals surface area (Å²) in [6.07, 6.45) is 6.24. The molecule has 0 bridgehead atoms. The first-order chi connectivity index (χ1) is 9.33.